The first kappa shape index (κ1) is 13.0. The summed E-state index contributed by atoms with van der Waals surface area (Å²) in [6.45, 7) is 4.33. The van der Waals surface area contributed by atoms with Crippen molar-refractivity contribution in [3.8, 4) is 11.4 Å². The van der Waals surface area contributed by atoms with Crippen molar-refractivity contribution in [1.82, 2.24) is 14.8 Å². The number of hydrogen-bond donors (Lipinski definition) is 1. The predicted molar refractivity (Wildman–Crippen MR) is 68.7 cm³/mol. The van der Waals surface area contributed by atoms with Crippen LogP contribution >= 0.6 is 11.6 Å². The summed E-state index contributed by atoms with van der Waals surface area (Å²) in [7, 11) is 0. The Hall–Kier alpha value is -1.46. The molecule has 0 aliphatic heterocycles. The van der Waals surface area contributed by atoms with Crippen LogP contribution < -0.4 is 5.73 Å². The number of hydrogen-bond acceptors (Lipinski definition) is 3. The van der Waals surface area contributed by atoms with E-state index in [9.17, 15) is 4.39 Å². The van der Waals surface area contributed by atoms with Gasteiger partial charge in [-0.05, 0) is 32.0 Å². The quantitative estimate of drug-likeness (QED) is 0.931. The number of nitrogens with zero attached hydrogens (tertiary/aromatic N) is 3. The highest BCUT2D eigenvalue weighted by Gasteiger charge is 2.16. The minimum atomic E-state index is -0.449. The Morgan fingerprint density at radius 1 is 1.39 bits per heavy atom. The molecule has 4 nitrogen and oxygen atoms in total. The van der Waals surface area contributed by atoms with Crippen LogP contribution in [0.5, 0.6) is 0 Å². The summed E-state index contributed by atoms with van der Waals surface area (Å²) in [6.07, 6.45) is 0. The van der Waals surface area contributed by atoms with E-state index in [2.05, 4.69) is 10.2 Å². The molecule has 0 aliphatic rings. The van der Waals surface area contributed by atoms with Gasteiger partial charge in [-0.2, -0.15) is 0 Å². The van der Waals surface area contributed by atoms with E-state index in [1.807, 2.05) is 18.4 Å². The molecule has 1 aromatic carbocycles. The Balaban J connectivity index is 2.56. The first-order valence-corrected chi connectivity index (χ1v) is 6.01. The van der Waals surface area contributed by atoms with E-state index in [-0.39, 0.29) is 11.1 Å². The second-order valence-electron chi connectivity index (χ2n) is 4.24. The molecule has 18 heavy (non-hydrogen) atoms. The topological polar surface area (TPSA) is 56.7 Å². The van der Waals surface area contributed by atoms with E-state index < -0.39 is 5.82 Å². The first-order chi connectivity index (χ1) is 8.54. The summed E-state index contributed by atoms with van der Waals surface area (Å²) in [5.74, 6) is 0.892. The van der Waals surface area contributed by atoms with Gasteiger partial charge in [-0.3, -0.25) is 0 Å². The summed E-state index contributed by atoms with van der Waals surface area (Å²) in [5, 5.41) is 8.21. The smallest absolute Gasteiger partial charge is 0.164 e. The number of rotatable bonds is 3. The van der Waals surface area contributed by atoms with E-state index in [0.29, 0.717) is 18.2 Å². The summed E-state index contributed by atoms with van der Waals surface area (Å²) < 4.78 is 15.1. The standard InChI is InChI=1S/C12H14ClFN4/c1-7(2)18-11(6-15)16-17-12(18)8-3-4-10(14)9(13)5-8/h3-5,7H,6,15H2,1-2H3. The van der Waals surface area contributed by atoms with Gasteiger partial charge in [0.1, 0.15) is 11.6 Å². The maximum atomic E-state index is 13.2. The molecule has 0 bridgehead atoms. The van der Waals surface area contributed by atoms with E-state index in [0.717, 1.165) is 5.56 Å². The second kappa shape index (κ2) is 5.04. The molecule has 0 fully saturated rings. The molecule has 96 valence electrons. The lowest BCUT2D eigenvalue weighted by Gasteiger charge is -2.13. The van der Waals surface area contributed by atoms with Crippen molar-refractivity contribution in [2.24, 2.45) is 5.73 Å². The molecule has 0 saturated carbocycles. The van der Waals surface area contributed by atoms with Crippen LogP contribution in [0.1, 0.15) is 25.7 Å². The Morgan fingerprint density at radius 2 is 2.11 bits per heavy atom. The Morgan fingerprint density at radius 3 is 2.67 bits per heavy atom. The average Bonchev–Trinajstić information content (AvgIpc) is 2.76. The average molecular weight is 269 g/mol. The zero-order chi connectivity index (χ0) is 13.3. The molecule has 0 saturated heterocycles. The molecular weight excluding hydrogens is 255 g/mol. The SMILES string of the molecule is CC(C)n1c(CN)nnc1-c1ccc(F)c(Cl)c1. The number of nitrogens with two attached hydrogens (primary N) is 1. The number of aromatic nitrogens is 3. The van der Waals surface area contributed by atoms with E-state index in [1.165, 1.54) is 6.07 Å². The lowest BCUT2D eigenvalue weighted by molar-refractivity contribution is 0.574. The van der Waals surface area contributed by atoms with Gasteiger partial charge in [0.2, 0.25) is 0 Å². The van der Waals surface area contributed by atoms with Crippen molar-refractivity contribution in [1.29, 1.82) is 0 Å². The van der Waals surface area contributed by atoms with Crippen LogP contribution in [-0.4, -0.2) is 14.8 Å². The first-order valence-electron chi connectivity index (χ1n) is 5.64. The molecule has 2 rings (SSSR count). The van der Waals surface area contributed by atoms with Gasteiger partial charge >= 0.3 is 0 Å². The van der Waals surface area contributed by atoms with E-state index in [4.69, 9.17) is 17.3 Å². The largest absolute Gasteiger partial charge is 0.324 e. The van der Waals surface area contributed by atoms with Crippen LogP contribution in [-0.2, 0) is 6.54 Å². The van der Waals surface area contributed by atoms with Gasteiger partial charge in [0.25, 0.3) is 0 Å². The van der Waals surface area contributed by atoms with Crippen LogP contribution in [0.25, 0.3) is 11.4 Å². The minimum Gasteiger partial charge on any atom is -0.324 e. The highest BCUT2D eigenvalue weighted by Crippen LogP contribution is 2.26. The third kappa shape index (κ3) is 2.23. The Kier molecular flexibility index (Phi) is 3.63. The van der Waals surface area contributed by atoms with Crippen molar-refractivity contribution in [2.75, 3.05) is 0 Å². The predicted octanol–water partition coefficient (Wildman–Crippen LogP) is 2.78. The molecule has 2 aromatic rings. The molecule has 0 aliphatic carbocycles. The molecule has 0 spiro atoms. The zero-order valence-corrected chi connectivity index (χ0v) is 10.9. The van der Waals surface area contributed by atoms with Crippen LogP contribution in [0.4, 0.5) is 4.39 Å². The van der Waals surface area contributed by atoms with Crippen molar-refractivity contribution in [3.63, 3.8) is 0 Å². The lowest BCUT2D eigenvalue weighted by Crippen LogP contribution is -2.11. The molecule has 0 amide bonds. The monoisotopic (exact) mass is 268 g/mol. The van der Waals surface area contributed by atoms with Crippen molar-refractivity contribution >= 4 is 11.6 Å². The molecule has 1 aromatic heterocycles. The molecule has 2 N–H and O–H groups in total. The lowest BCUT2D eigenvalue weighted by atomic mass is 10.2. The zero-order valence-electron chi connectivity index (χ0n) is 10.2. The van der Waals surface area contributed by atoms with Crippen molar-refractivity contribution in [2.45, 2.75) is 26.4 Å². The molecule has 0 atom stereocenters. The fraction of sp³-hybridized carbons (Fsp3) is 0.333. The number of benzene rings is 1. The third-order valence-corrected chi connectivity index (χ3v) is 2.93. The Labute approximate surface area is 110 Å². The maximum Gasteiger partial charge on any atom is 0.164 e. The molecule has 0 unspecified atom stereocenters. The fourth-order valence-corrected chi connectivity index (χ4v) is 2.02. The van der Waals surface area contributed by atoms with Gasteiger partial charge in [0.15, 0.2) is 5.82 Å². The van der Waals surface area contributed by atoms with Crippen LogP contribution in [0, 0.1) is 5.82 Å². The van der Waals surface area contributed by atoms with E-state index in [1.54, 1.807) is 12.1 Å². The summed E-state index contributed by atoms with van der Waals surface area (Å²) >= 11 is 5.78. The van der Waals surface area contributed by atoms with Crippen LogP contribution in [0.3, 0.4) is 0 Å². The summed E-state index contributed by atoms with van der Waals surface area (Å²) in [4.78, 5) is 0. The maximum absolute atomic E-state index is 13.2. The summed E-state index contributed by atoms with van der Waals surface area (Å²) in [6, 6.07) is 4.65. The van der Waals surface area contributed by atoms with Crippen molar-refractivity contribution in [3.05, 3.63) is 34.9 Å². The van der Waals surface area contributed by atoms with Gasteiger partial charge in [0.05, 0.1) is 11.6 Å². The van der Waals surface area contributed by atoms with Gasteiger partial charge in [-0.25, -0.2) is 4.39 Å². The fourth-order valence-electron chi connectivity index (χ4n) is 1.84. The molecule has 0 radical (unpaired) electrons. The van der Waals surface area contributed by atoms with Gasteiger partial charge < -0.3 is 10.3 Å². The number of halogens is 2. The highest BCUT2D eigenvalue weighted by atomic mass is 35.5. The van der Waals surface area contributed by atoms with Crippen LogP contribution in [0.2, 0.25) is 5.02 Å². The minimum absolute atomic E-state index is 0.0695. The highest BCUT2D eigenvalue weighted by molar-refractivity contribution is 6.31. The third-order valence-electron chi connectivity index (χ3n) is 2.64. The molecular formula is C12H14ClFN4. The van der Waals surface area contributed by atoms with Gasteiger partial charge in [-0.15, -0.1) is 10.2 Å². The Bertz CT molecular complexity index is 565. The summed E-state index contributed by atoms with van der Waals surface area (Å²) in [5.41, 5.74) is 6.35. The molecule has 1 heterocycles. The van der Waals surface area contributed by atoms with Crippen molar-refractivity contribution < 1.29 is 4.39 Å². The van der Waals surface area contributed by atoms with Gasteiger partial charge in [-0.1, -0.05) is 11.6 Å². The molecule has 6 heteroatoms. The van der Waals surface area contributed by atoms with Crippen LogP contribution in [0.15, 0.2) is 18.2 Å². The second-order valence-corrected chi connectivity index (χ2v) is 4.64. The van der Waals surface area contributed by atoms with Gasteiger partial charge in [0, 0.05) is 11.6 Å². The normalized spacial score (nSPS) is 11.2. The van der Waals surface area contributed by atoms with E-state index >= 15 is 0 Å².